The van der Waals surface area contributed by atoms with E-state index in [1.54, 1.807) is 0 Å². The van der Waals surface area contributed by atoms with Crippen LogP contribution in [0.5, 0.6) is 0 Å². The first-order valence-electron chi connectivity index (χ1n) is 11.9. The Morgan fingerprint density at radius 2 is 0.900 bits per heavy atom. The Balaban J connectivity index is 0.000000258. The van der Waals surface area contributed by atoms with Crippen LogP contribution in [0.3, 0.4) is 0 Å². The van der Waals surface area contributed by atoms with Crippen LogP contribution in [0.25, 0.3) is 0 Å². The molecule has 30 heavy (non-hydrogen) atoms. The number of rotatable bonds is 0. The van der Waals surface area contributed by atoms with Crippen molar-refractivity contribution in [2.75, 3.05) is 10.6 Å². The number of nitrogens with one attached hydrogen (secondary N) is 2. The van der Waals surface area contributed by atoms with Gasteiger partial charge in [-0.15, -0.1) is 0 Å². The zero-order valence-electron chi connectivity index (χ0n) is 21.2. The maximum atomic E-state index is 3.57. The summed E-state index contributed by atoms with van der Waals surface area (Å²) in [4.78, 5) is 0. The van der Waals surface area contributed by atoms with Gasteiger partial charge in [0.1, 0.15) is 0 Å². The highest BCUT2D eigenvalue weighted by Crippen LogP contribution is 2.38. The Bertz CT molecular complexity index is 695. The third kappa shape index (κ3) is 7.07. The second kappa shape index (κ2) is 11.4. The van der Waals surface area contributed by atoms with Crippen LogP contribution < -0.4 is 10.6 Å². The van der Waals surface area contributed by atoms with Crippen molar-refractivity contribution >= 4 is 11.4 Å². The van der Waals surface area contributed by atoms with E-state index >= 15 is 0 Å². The van der Waals surface area contributed by atoms with Gasteiger partial charge < -0.3 is 10.6 Å². The van der Waals surface area contributed by atoms with Gasteiger partial charge in [-0.05, 0) is 75.6 Å². The molecule has 0 amide bonds. The average molecular weight is 411 g/mol. The zero-order chi connectivity index (χ0) is 22.9. The summed E-state index contributed by atoms with van der Waals surface area (Å²) >= 11 is 0. The van der Waals surface area contributed by atoms with Gasteiger partial charge in [-0.3, -0.25) is 0 Å². The molecule has 2 aliphatic rings. The number of anilines is 2. The molecule has 0 spiro atoms. The number of para-hydroxylation sites is 2. The number of fused-ring (bicyclic) bond motifs is 2. The van der Waals surface area contributed by atoms with E-state index < -0.39 is 0 Å². The minimum atomic E-state index is 0.244. The molecule has 0 bridgehead atoms. The van der Waals surface area contributed by atoms with Crippen LogP contribution in [-0.2, 0) is 0 Å². The highest BCUT2D eigenvalue weighted by molar-refractivity contribution is 5.57. The van der Waals surface area contributed by atoms with Crippen LogP contribution in [0.1, 0.15) is 105 Å². The highest BCUT2D eigenvalue weighted by Gasteiger charge is 2.29. The largest absolute Gasteiger partial charge is 0.380 e. The smallest absolute Gasteiger partial charge is 0.0379 e. The van der Waals surface area contributed by atoms with E-state index in [1.165, 1.54) is 35.3 Å². The summed E-state index contributed by atoms with van der Waals surface area (Å²) in [7, 11) is 0. The van der Waals surface area contributed by atoms with Crippen LogP contribution in [0, 0.1) is 0 Å². The average Bonchev–Trinajstić information content (AvgIpc) is 2.70. The monoisotopic (exact) mass is 410 g/mol. The van der Waals surface area contributed by atoms with Gasteiger partial charge in [-0.2, -0.15) is 0 Å². The van der Waals surface area contributed by atoms with Crippen LogP contribution in [-0.4, -0.2) is 11.1 Å². The molecule has 0 radical (unpaired) electrons. The first kappa shape index (κ1) is 26.1. The number of benzene rings is 2. The summed E-state index contributed by atoms with van der Waals surface area (Å²) in [5, 5.41) is 7.13. The topological polar surface area (TPSA) is 24.1 Å². The molecule has 2 N–H and O–H groups in total. The van der Waals surface area contributed by atoms with Crippen molar-refractivity contribution in [2.24, 2.45) is 0 Å². The Morgan fingerprint density at radius 1 is 0.600 bits per heavy atom. The Kier molecular flexibility index (Phi) is 9.94. The molecule has 2 heteroatoms. The van der Waals surface area contributed by atoms with Crippen LogP contribution in [0.4, 0.5) is 11.4 Å². The SMILES string of the molecule is CC.CC.C[C@@H]1CC(C)(C)Nc2ccccc21.C[C@H]1CC(C)(C)Nc2ccccc21. The summed E-state index contributed by atoms with van der Waals surface area (Å²) in [5.41, 5.74) is 6.03. The maximum absolute atomic E-state index is 3.57. The Hall–Kier alpha value is -1.96. The molecule has 0 aliphatic carbocycles. The predicted molar refractivity (Wildman–Crippen MR) is 137 cm³/mol. The minimum absolute atomic E-state index is 0.244. The van der Waals surface area contributed by atoms with Gasteiger partial charge in [-0.1, -0.05) is 77.9 Å². The highest BCUT2D eigenvalue weighted by atomic mass is 15.0. The van der Waals surface area contributed by atoms with Gasteiger partial charge in [0.25, 0.3) is 0 Å². The molecule has 2 aliphatic heterocycles. The maximum Gasteiger partial charge on any atom is 0.0379 e. The standard InChI is InChI=1S/2C12H17N.2C2H6/c2*1-9-8-12(2,3)13-11-7-5-4-6-10(9)11;2*1-2/h2*4-7,9,13H,8H2,1-3H3;2*1-2H3/t2*9-;;/m10../s1. The van der Waals surface area contributed by atoms with E-state index in [9.17, 15) is 0 Å². The quantitative estimate of drug-likeness (QED) is 0.453. The molecule has 4 rings (SSSR count). The van der Waals surface area contributed by atoms with Crippen molar-refractivity contribution in [1.82, 2.24) is 0 Å². The molecule has 0 aromatic heterocycles. The van der Waals surface area contributed by atoms with Crippen LogP contribution in [0.15, 0.2) is 48.5 Å². The van der Waals surface area contributed by atoms with Crippen molar-refractivity contribution in [2.45, 2.75) is 105 Å². The fraction of sp³-hybridized carbons (Fsp3) is 0.571. The second-order valence-corrected chi connectivity index (χ2v) is 9.40. The lowest BCUT2D eigenvalue weighted by Gasteiger charge is -2.37. The van der Waals surface area contributed by atoms with Gasteiger partial charge in [0.15, 0.2) is 0 Å². The molecule has 2 atom stereocenters. The van der Waals surface area contributed by atoms with Crippen molar-refractivity contribution in [1.29, 1.82) is 0 Å². The number of hydrogen-bond acceptors (Lipinski definition) is 2. The van der Waals surface area contributed by atoms with Crippen LogP contribution >= 0.6 is 0 Å². The van der Waals surface area contributed by atoms with Crippen molar-refractivity contribution in [3.63, 3.8) is 0 Å². The van der Waals surface area contributed by atoms with Crippen molar-refractivity contribution in [3.05, 3.63) is 59.7 Å². The molecule has 2 aromatic carbocycles. The van der Waals surface area contributed by atoms with Gasteiger partial charge in [-0.25, -0.2) is 0 Å². The lowest BCUT2D eigenvalue weighted by molar-refractivity contribution is 0.454. The summed E-state index contributed by atoms with van der Waals surface area (Å²) in [6.45, 7) is 21.7. The van der Waals surface area contributed by atoms with Crippen molar-refractivity contribution in [3.8, 4) is 0 Å². The zero-order valence-corrected chi connectivity index (χ0v) is 21.2. The second-order valence-electron chi connectivity index (χ2n) is 9.40. The van der Waals surface area contributed by atoms with E-state index in [4.69, 9.17) is 0 Å². The van der Waals surface area contributed by atoms with Gasteiger partial charge >= 0.3 is 0 Å². The fourth-order valence-electron chi connectivity index (χ4n) is 4.66. The van der Waals surface area contributed by atoms with E-state index in [2.05, 4.69) is 101 Å². The summed E-state index contributed by atoms with van der Waals surface area (Å²) in [5.74, 6) is 1.35. The first-order valence-corrected chi connectivity index (χ1v) is 11.9. The molecule has 168 valence electrons. The van der Waals surface area contributed by atoms with Gasteiger partial charge in [0, 0.05) is 22.5 Å². The normalized spacial score (nSPS) is 21.8. The molecule has 0 unspecified atom stereocenters. The summed E-state index contributed by atoms with van der Waals surface area (Å²) in [6.07, 6.45) is 2.42. The predicted octanol–water partition coefficient (Wildman–Crippen LogP) is 8.82. The van der Waals surface area contributed by atoms with E-state index in [0.29, 0.717) is 11.8 Å². The molecule has 2 heterocycles. The molecule has 2 nitrogen and oxygen atoms in total. The van der Waals surface area contributed by atoms with E-state index in [1.807, 2.05) is 27.7 Å². The summed E-state index contributed by atoms with van der Waals surface area (Å²) < 4.78 is 0. The van der Waals surface area contributed by atoms with E-state index in [-0.39, 0.29) is 11.1 Å². The molecule has 2 aromatic rings. The number of hydrogen-bond donors (Lipinski definition) is 2. The van der Waals surface area contributed by atoms with Gasteiger partial charge in [0.2, 0.25) is 0 Å². The lowest BCUT2D eigenvalue weighted by Crippen LogP contribution is -2.36. The van der Waals surface area contributed by atoms with E-state index in [0.717, 1.165) is 0 Å². The molecule has 0 saturated carbocycles. The van der Waals surface area contributed by atoms with Crippen LogP contribution in [0.2, 0.25) is 0 Å². The third-order valence-corrected chi connectivity index (χ3v) is 5.56. The molecule has 0 fully saturated rings. The Morgan fingerprint density at radius 3 is 1.23 bits per heavy atom. The van der Waals surface area contributed by atoms with Gasteiger partial charge in [0.05, 0.1) is 0 Å². The molecule has 0 saturated heterocycles. The lowest BCUT2D eigenvalue weighted by atomic mass is 9.82. The Labute approximate surface area is 186 Å². The molecular weight excluding hydrogens is 364 g/mol. The third-order valence-electron chi connectivity index (χ3n) is 5.56. The summed E-state index contributed by atoms with van der Waals surface area (Å²) in [6, 6.07) is 17.2. The first-order chi connectivity index (χ1) is 14.2. The fourth-order valence-corrected chi connectivity index (χ4v) is 4.66. The molecular formula is C28H46N2. The van der Waals surface area contributed by atoms with Crippen molar-refractivity contribution < 1.29 is 0 Å². The minimum Gasteiger partial charge on any atom is -0.380 e.